The maximum absolute atomic E-state index is 4.61. The summed E-state index contributed by atoms with van der Waals surface area (Å²) in [6.07, 6.45) is 12.2. The number of hydrogen-bond acceptors (Lipinski definition) is 4. The lowest BCUT2D eigenvalue weighted by atomic mass is 9.96. The van der Waals surface area contributed by atoms with Crippen LogP contribution in [0.15, 0.2) is 18.6 Å². The number of rotatable bonds is 5. The molecule has 1 fully saturated rings. The van der Waals surface area contributed by atoms with Crippen LogP contribution in [0.5, 0.6) is 0 Å². The van der Waals surface area contributed by atoms with Gasteiger partial charge >= 0.3 is 0 Å². The number of nitrogens with zero attached hydrogens (tertiary/aromatic N) is 5. The Kier molecular flexibility index (Phi) is 3.99. The van der Waals surface area contributed by atoms with E-state index in [9.17, 15) is 0 Å². The second kappa shape index (κ2) is 6.07. The van der Waals surface area contributed by atoms with Crippen LogP contribution in [-0.4, -0.2) is 30.6 Å². The van der Waals surface area contributed by atoms with E-state index in [4.69, 9.17) is 0 Å². The maximum Gasteiger partial charge on any atom is 0.203 e. The second-order valence-corrected chi connectivity index (χ2v) is 5.54. The van der Waals surface area contributed by atoms with Crippen molar-refractivity contribution in [2.24, 2.45) is 0 Å². The predicted octanol–water partition coefficient (Wildman–Crippen LogP) is 2.23. The summed E-state index contributed by atoms with van der Waals surface area (Å²) in [5.74, 6) is 0.995. The van der Waals surface area contributed by atoms with Crippen LogP contribution in [0, 0.1) is 6.92 Å². The number of imidazole rings is 1. The van der Waals surface area contributed by atoms with Crippen molar-refractivity contribution < 1.29 is 0 Å². The molecule has 0 amide bonds. The van der Waals surface area contributed by atoms with Gasteiger partial charge in [-0.05, 0) is 19.8 Å². The van der Waals surface area contributed by atoms with Gasteiger partial charge < -0.3 is 9.88 Å². The Labute approximate surface area is 119 Å². The molecule has 2 aromatic heterocycles. The number of nitrogens with one attached hydrogen (secondary N) is 1. The Morgan fingerprint density at radius 1 is 1.25 bits per heavy atom. The molecule has 1 aliphatic rings. The minimum atomic E-state index is 0.579. The topological polar surface area (TPSA) is 60.6 Å². The number of aromatic nitrogens is 5. The standard InChI is InChI=1S/C14H22N6/c1-12-11-19(9-10-20-8-7-15-18-20)14(16-12)17-13-5-3-2-4-6-13/h7-8,11,13H,2-6,9-10H2,1H3,(H,16,17). The van der Waals surface area contributed by atoms with Gasteiger partial charge in [0.2, 0.25) is 5.95 Å². The fraction of sp³-hybridized carbons (Fsp3) is 0.643. The van der Waals surface area contributed by atoms with Crippen LogP contribution < -0.4 is 5.32 Å². The molecule has 0 aromatic carbocycles. The van der Waals surface area contributed by atoms with Gasteiger partial charge in [0.1, 0.15) is 0 Å². The molecule has 0 spiro atoms. The van der Waals surface area contributed by atoms with Gasteiger partial charge in [-0.25, -0.2) is 4.98 Å². The lowest BCUT2D eigenvalue weighted by Gasteiger charge is -2.23. The first-order chi connectivity index (χ1) is 9.81. The van der Waals surface area contributed by atoms with E-state index in [0.717, 1.165) is 24.7 Å². The van der Waals surface area contributed by atoms with E-state index in [-0.39, 0.29) is 0 Å². The lowest BCUT2D eigenvalue weighted by molar-refractivity contribution is 0.456. The predicted molar refractivity (Wildman–Crippen MR) is 77.5 cm³/mol. The highest BCUT2D eigenvalue weighted by Gasteiger charge is 2.15. The average Bonchev–Trinajstić information content (AvgIpc) is 3.07. The Morgan fingerprint density at radius 3 is 2.85 bits per heavy atom. The van der Waals surface area contributed by atoms with Crippen molar-refractivity contribution >= 4 is 5.95 Å². The van der Waals surface area contributed by atoms with Gasteiger partial charge in [0.15, 0.2) is 0 Å². The molecular formula is C14H22N6. The molecule has 1 saturated carbocycles. The molecule has 2 heterocycles. The summed E-state index contributed by atoms with van der Waals surface area (Å²) < 4.78 is 4.03. The van der Waals surface area contributed by atoms with E-state index in [2.05, 4.69) is 31.4 Å². The quantitative estimate of drug-likeness (QED) is 0.908. The molecule has 0 atom stereocenters. The number of aryl methyl sites for hydroxylation is 3. The van der Waals surface area contributed by atoms with Crippen LogP contribution in [0.4, 0.5) is 5.95 Å². The highest BCUT2D eigenvalue weighted by molar-refractivity contribution is 5.30. The summed E-state index contributed by atoms with van der Waals surface area (Å²) >= 11 is 0. The van der Waals surface area contributed by atoms with Crippen molar-refractivity contribution in [1.29, 1.82) is 0 Å². The third-order valence-corrected chi connectivity index (χ3v) is 3.88. The van der Waals surface area contributed by atoms with Gasteiger partial charge in [-0.3, -0.25) is 4.68 Å². The summed E-state index contributed by atoms with van der Waals surface area (Å²) in [6, 6.07) is 0.579. The van der Waals surface area contributed by atoms with Crippen molar-refractivity contribution in [2.45, 2.75) is 58.2 Å². The number of hydrogen-bond donors (Lipinski definition) is 1. The molecule has 0 saturated heterocycles. The van der Waals surface area contributed by atoms with E-state index in [1.807, 2.05) is 17.8 Å². The van der Waals surface area contributed by atoms with Gasteiger partial charge in [0.05, 0.1) is 18.4 Å². The highest BCUT2D eigenvalue weighted by Crippen LogP contribution is 2.21. The second-order valence-electron chi connectivity index (χ2n) is 5.54. The van der Waals surface area contributed by atoms with Crippen LogP contribution in [-0.2, 0) is 13.1 Å². The molecule has 1 N–H and O–H groups in total. The smallest absolute Gasteiger partial charge is 0.203 e. The van der Waals surface area contributed by atoms with E-state index >= 15 is 0 Å². The molecule has 20 heavy (non-hydrogen) atoms. The van der Waals surface area contributed by atoms with Crippen molar-refractivity contribution in [3.05, 3.63) is 24.3 Å². The Hall–Kier alpha value is -1.85. The minimum absolute atomic E-state index is 0.579. The molecule has 2 aromatic rings. The molecule has 0 radical (unpaired) electrons. The van der Waals surface area contributed by atoms with Crippen molar-refractivity contribution in [1.82, 2.24) is 24.5 Å². The van der Waals surface area contributed by atoms with Crippen LogP contribution >= 0.6 is 0 Å². The van der Waals surface area contributed by atoms with Gasteiger partial charge in [-0.1, -0.05) is 24.5 Å². The van der Waals surface area contributed by atoms with Gasteiger partial charge in [0.25, 0.3) is 0 Å². The SMILES string of the molecule is Cc1cn(CCn2ccnn2)c(NC2CCCCC2)n1. The minimum Gasteiger partial charge on any atom is -0.353 e. The Morgan fingerprint density at radius 2 is 2.10 bits per heavy atom. The summed E-state index contributed by atoms with van der Waals surface area (Å²) in [5, 5.41) is 11.4. The summed E-state index contributed by atoms with van der Waals surface area (Å²) in [5.41, 5.74) is 1.06. The zero-order chi connectivity index (χ0) is 13.8. The maximum atomic E-state index is 4.61. The first kappa shape index (κ1) is 13.1. The molecule has 1 aliphatic carbocycles. The van der Waals surface area contributed by atoms with Gasteiger partial charge in [-0.15, -0.1) is 5.10 Å². The molecular weight excluding hydrogens is 252 g/mol. The first-order valence-electron chi connectivity index (χ1n) is 7.46. The van der Waals surface area contributed by atoms with Crippen LogP contribution in [0.2, 0.25) is 0 Å². The van der Waals surface area contributed by atoms with Gasteiger partial charge in [-0.2, -0.15) is 0 Å². The monoisotopic (exact) mass is 274 g/mol. The van der Waals surface area contributed by atoms with E-state index < -0.39 is 0 Å². The molecule has 0 bridgehead atoms. The third kappa shape index (κ3) is 3.18. The fourth-order valence-corrected chi connectivity index (χ4v) is 2.82. The zero-order valence-corrected chi connectivity index (χ0v) is 12.0. The molecule has 3 rings (SSSR count). The number of anilines is 1. The fourth-order valence-electron chi connectivity index (χ4n) is 2.82. The summed E-state index contributed by atoms with van der Waals surface area (Å²) in [4.78, 5) is 4.61. The van der Waals surface area contributed by atoms with E-state index in [0.29, 0.717) is 6.04 Å². The summed E-state index contributed by atoms with van der Waals surface area (Å²) in [6.45, 7) is 3.71. The molecule has 108 valence electrons. The van der Waals surface area contributed by atoms with E-state index in [1.54, 1.807) is 6.20 Å². The molecule has 6 heteroatoms. The first-order valence-corrected chi connectivity index (χ1v) is 7.46. The average molecular weight is 274 g/mol. The van der Waals surface area contributed by atoms with Gasteiger partial charge in [0, 0.05) is 25.0 Å². The lowest BCUT2D eigenvalue weighted by Crippen LogP contribution is -2.24. The molecule has 0 unspecified atom stereocenters. The Balaban J connectivity index is 1.64. The largest absolute Gasteiger partial charge is 0.353 e. The van der Waals surface area contributed by atoms with Crippen LogP contribution in [0.1, 0.15) is 37.8 Å². The van der Waals surface area contributed by atoms with Crippen LogP contribution in [0.3, 0.4) is 0 Å². The molecule has 0 aliphatic heterocycles. The third-order valence-electron chi connectivity index (χ3n) is 3.88. The van der Waals surface area contributed by atoms with Crippen molar-refractivity contribution in [2.75, 3.05) is 5.32 Å². The summed E-state index contributed by atoms with van der Waals surface area (Å²) in [7, 11) is 0. The van der Waals surface area contributed by atoms with Crippen molar-refractivity contribution in [3.63, 3.8) is 0 Å². The zero-order valence-electron chi connectivity index (χ0n) is 12.0. The van der Waals surface area contributed by atoms with E-state index in [1.165, 1.54) is 32.1 Å². The highest BCUT2D eigenvalue weighted by atomic mass is 15.4. The Bertz CT molecular complexity index is 524. The normalized spacial score (nSPS) is 16.4. The van der Waals surface area contributed by atoms with Crippen molar-refractivity contribution in [3.8, 4) is 0 Å². The van der Waals surface area contributed by atoms with Crippen LogP contribution in [0.25, 0.3) is 0 Å². The molecule has 6 nitrogen and oxygen atoms in total.